The van der Waals surface area contributed by atoms with Gasteiger partial charge in [-0.1, -0.05) is 94.8 Å². The van der Waals surface area contributed by atoms with Gasteiger partial charge in [0.25, 0.3) is 0 Å². The van der Waals surface area contributed by atoms with E-state index in [9.17, 15) is 5.11 Å². The van der Waals surface area contributed by atoms with Crippen molar-refractivity contribution in [2.45, 2.75) is 18.0 Å². The third-order valence-corrected chi connectivity index (χ3v) is 7.60. The first-order valence-corrected chi connectivity index (χ1v) is 13.9. The zero-order chi connectivity index (χ0) is 26.8. The highest BCUT2D eigenvalue weighted by molar-refractivity contribution is 9.08. The Bertz CT molecular complexity index is 1690. The lowest BCUT2D eigenvalue weighted by atomic mass is 10.00. The van der Waals surface area contributed by atoms with Gasteiger partial charge in [0.15, 0.2) is 5.75 Å². The van der Waals surface area contributed by atoms with Crippen LogP contribution in [0.1, 0.15) is 28.4 Å². The number of hydrogen-bond acceptors (Lipinski definition) is 4. The maximum absolute atomic E-state index is 11.7. The number of aromatic nitrogens is 2. The zero-order valence-corrected chi connectivity index (χ0v) is 23.0. The molecule has 39 heavy (non-hydrogen) atoms. The molecule has 194 valence electrons. The summed E-state index contributed by atoms with van der Waals surface area (Å²) in [6, 6.07) is 32.1. The van der Waals surface area contributed by atoms with Crippen LogP contribution in [0.2, 0.25) is 0 Å². The molecule has 0 aliphatic carbocycles. The van der Waals surface area contributed by atoms with Crippen LogP contribution in [0.5, 0.6) is 17.4 Å². The SMILES string of the molecule is COc1ccc(Cn2cc3c(CBr)c4cccnc4c(OC(c4ccccc4)c4ccccc4)c3c2O)cc1. The molecule has 0 saturated heterocycles. The van der Waals surface area contributed by atoms with Gasteiger partial charge in [0.05, 0.1) is 19.0 Å². The van der Waals surface area contributed by atoms with Gasteiger partial charge in [-0.05, 0) is 40.5 Å². The average molecular weight is 579 g/mol. The first-order valence-electron chi connectivity index (χ1n) is 12.7. The Balaban J connectivity index is 1.56. The van der Waals surface area contributed by atoms with E-state index in [0.717, 1.165) is 38.8 Å². The van der Waals surface area contributed by atoms with Crippen LogP contribution in [0.4, 0.5) is 0 Å². The van der Waals surface area contributed by atoms with Crippen molar-refractivity contribution in [3.63, 3.8) is 0 Å². The molecule has 0 amide bonds. The molecule has 0 spiro atoms. The Morgan fingerprint density at radius 3 is 2.13 bits per heavy atom. The van der Waals surface area contributed by atoms with E-state index in [1.54, 1.807) is 13.3 Å². The third kappa shape index (κ3) is 4.72. The van der Waals surface area contributed by atoms with Crippen molar-refractivity contribution in [1.82, 2.24) is 9.55 Å². The van der Waals surface area contributed by atoms with Gasteiger partial charge in [0.2, 0.25) is 5.88 Å². The molecule has 5 nitrogen and oxygen atoms in total. The van der Waals surface area contributed by atoms with Gasteiger partial charge in [-0.15, -0.1) is 0 Å². The summed E-state index contributed by atoms with van der Waals surface area (Å²) in [7, 11) is 1.65. The number of hydrogen-bond donors (Lipinski definition) is 1. The minimum Gasteiger partial charge on any atom is -0.497 e. The normalized spacial score (nSPS) is 11.4. The van der Waals surface area contributed by atoms with E-state index in [1.165, 1.54) is 0 Å². The highest BCUT2D eigenvalue weighted by atomic mass is 79.9. The summed E-state index contributed by atoms with van der Waals surface area (Å²) in [6.07, 6.45) is 3.38. The molecule has 6 heteroatoms. The molecule has 1 N–H and O–H groups in total. The van der Waals surface area contributed by atoms with Gasteiger partial charge in [0, 0.05) is 28.5 Å². The maximum Gasteiger partial charge on any atom is 0.203 e. The number of methoxy groups -OCH3 is 1. The number of halogens is 1. The summed E-state index contributed by atoms with van der Waals surface area (Å²) in [5.41, 5.74) is 4.85. The highest BCUT2D eigenvalue weighted by Crippen LogP contribution is 2.46. The summed E-state index contributed by atoms with van der Waals surface area (Å²) in [6.45, 7) is 0.496. The fourth-order valence-corrected chi connectivity index (χ4v) is 5.70. The third-order valence-electron chi connectivity index (χ3n) is 7.04. The predicted molar refractivity (Wildman–Crippen MR) is 159 cm³/mol. The summed E-state index contributed by atoms with van der Waals surface area (Å²) in [5.74, 6) is 1.50. The van der Waals surface area contributed by atoms with Gasteiger partial charge in [-0.25, -0.2) is 0 Å². The average Bonchev–Trinajstić information content (AvgIpc) is 3.31. The Hall–Kier alpha value is -4.29. The number of alkyl halides is 1. The van der Waals surface area contributed by atoms with Gasteiger partial charge in [-0.2, -0.15) is 0 Å². The highest BCUT2D eigenvalue weighted by Gasteiger charge is 2.25. The summed E-state index contributed by atoms with van der Waals surface area (Å²) in [4.78, 5) is 4.75. The Morgan fingerprint density at radius 1 is 0.846 bits per heavy atom. The molecular formula is C33H27BrN2O3. The molecule has 6 aromatic rings. The van der Waals surface area contributed by atoms with Crippen LogP contribution < -0.4 is 9.47 Å². The Labute approximate surface area is 235 Å². The molecule has 0 aliphatic rings. The van der Waals surface area contributed by atoms with Gasteiger partial charge in [0.1, 0.15) is 17.4 Å². The second-order valence-electron chi connectivity index (χ2n) is 9.38. The largest absolute Gasteiger partial charge is 0.497 e. The molecule has 0 saturated carbocycles. The van der Waals surface area contributed by atoms with Crippen LogP contribution in [-0.2, 0) is 11.9 Å². The summed E-state index contributed by atoms with van der Waals surface area (Å²) in [5, 5.41) is 14.9. The lowest BCUT2D eigenvalue weighted by Crippen LogP contribution is -2.10. The van der Waals surface area contributed by atoms with E-state index < -0.39 is 0 Å². The fraction of sp³-hybridized carbons (Fsp3) is 0.121. The molecule has 2 aromatic heterocycles. The van der Waals surface area contributed by atoms with Gasteiger partial charge >= 0.3 is 0 Å². The number of aromatic hydroxyl groups is 1. The maximum atomic E-state index is 11.7. The molecule has 0 unspecified atom stereocenters. The topological polar surface area (TPSA) is 56.5 Å². The van der Waals surface area contributed by atoms with Crippen LogP contribution in [0.15, 0.2) is 109 Å². The lowest BCUT2D eigenvalue weighted by molar-refractivity contribution is 0.252. The smallest absolute Gasteiger partial charge is 0.203 e. The van der Waals surface area contributed by atoms with Crippen LogP contribution in [0, 0.1) is 0 Å². The van der Waals surface area contributed by atoms with E-state index in [-0.39, 0.29) is 12.0 Å². The Kier molecular flexibility index (Phi) is 6.95. The summed E-state index contributed by atoms with van der Waals surface area (Å²) < 4.78 is 14.1. The van der Waals surface area contributed by atoms with Crippen molar-refractivity contribution in [2.75, 3.05) is 7.11 Å². The van der Waals surface area contributed by atoms with Gasteiger partial charge < -0.3 is 19.1 Å². The first kappa shape index (κ1) is 25.0. The molecule has 0 fully saturated rings. The molecule has 4 aromatic carbocycles. The van der Waals surface area contributed by atoms with Gasteiger partial charge in [-0.3, -0.25) is 4.98 Å². The molecule has 0 atom stereocenters. The minimum absolute atomic E-state index is 0.144. The van der Waals surface area contributed by atoms with Crippen molar-refractivity contribution in [3.05, 3.63) is 132 Å². The second kappa shape index (κ2) is 10.8. The quantitative estimate of drug-likeness (QED) is 0.186. The molecule has 2 heterocycles. The minimum atomic E-state index is -0.389. The monoisotopic (exact) mass is 578 g/mol. The summed E-state index contributed by atoms with van der Waals surface area (Å²) >= 11 is 3.69. The molecule has 0 bridgehead atoms. The number of benzene rings is 4. The number of ether oxygens (including phenoxy) is 2. The van der Waals surface area contributed by atoms with Crippen molar-refractivity contribution >= 4 is 37.6 Å². The van der Waals surface area contributed by atoms with E-state index in [4.69, 9.17) is 14.5 Å². The molecule has 0 radical (unpaired) electrons. The second-order valence-corrected chi connectivity index (χ2v) is 9.94. The fourth-order valence-electron chi connectivity index (χ4n) is 5.10. The van der Waals surface area contributed by atoms with E-state index in [2.05, 4.69) is 46.3 Å². The number of nitrogens with zero attached hydrogens (tertiary/aromatic N) is 2. The van der Waals surface area contributed by atoms with Crippen LogP contribution >= 0.6 is 15.9 Å². The van der Waals surface area contributed by atoms with Crippen molar-refractivity contribution in [1.29, 1.82) is 0 Å². The van der Waals surface area contributed by atoms with E-state index in [0.29, 0.717) is 28.5 Å². The zero-order valence-electron chi connectivity index (χ0n) is 21.4. The lowest BCUT2D eigenvalue weighted by Gasteiger charge is -2.22. The van der Waals surface area contributed by atoms with Crippen molar-refractivity contribution in [2.24, 2.45) is 0 Å². The number of rotatable bonds is 8. The predicted octanol–water partition coefficient (Wildman–Crippen LogP) is 8.02. The molecule has 6 rings (SSSR count). The standard InChI is InChI=1S/C33H27BrN2O3/c1-38-25-16-14-22(15-17-25)20-36-21-28-27(19-34)26-13-8-18-35-30(26)32(29(28)33(36)37)39-31(23-9-4-2-5-10-23)24-11-6-3-7-12-24/h2-18,21,31,37H,19-20H2,1H3. The van der Waals surface area contributed by atoms with E-state index >= 15 is 0 Å². The Morgan fingerprint density at radius 2 is 1.51 bits per heavy atom. The van der Waals surface area contributed by atoms with E-state index in [1.807, 2.05) is 77.5 Å². The van der Waals surface area contributed by atoms with Crippen molar-refractivity contribution < 1.29 is 14.6 Å². The van der Waals surface area contributed by atoms with Crippen LogP contribution in [0.25, 0.3) is 21.7 Å². The molecule has 0 aliphatic heterocycles. The molecular weight excluding hydrogens is 552 g/mol. The van der Waals surface area contributed by atoms with Crippen LogP contribution in [-0.4, -0.2) is 21.8 Å². The number of fused-ring (bicyclic) bond motifs is 2. The first-order chi connectivity index (χ1) is 19.2. The van der Waals surface area contributed by atoms with Crippen LogP contribution in [0.3, 0.4) is 0 Å². The van der Waals surface area contributed by atoms with Crippen molar-refractivity contribution in [3.8, 4) is 17.4 Å². The number of pyridine rings is 1.